The van der Waals surface area contributed by atoms with Crippen LogP contribution in [0.4, 0.5) is 31.8 Å². The topological polar surface area (TPSA) is 40.2 Å². The number of aromatic nitrogens is 1. The Morgan fingerprint density at radius 1 is 1.00 bits per heavy atom. The monoisotopic (exact) mass is 278 g/mol. The van der Waals surface area contributed by atoms with E-state index in [1.165, 1.54) is 7.05 Å². The van der Waals surface area contributed by atoms with Crippen molar-refractivity contribution in [2.24, 2.45) is 0 Å². The third kappa shape index (κ3) is 2.96. The van der Waals surface area contributed by atoms with Crippen molar-refractivity contribution in [2.45, 2.75) is 0 Å². The molecule has 2 rings (SSSR count). The fraction of sp³-hybridized carbons (Fsp3) is 0.214. The number of nitrogens with zero attached hydrogens (tertiary/aromatic N) is 2. The molecule has 0 saturated heterocycles. The van der Waals surface area contributed by atoms with E-state index in [9.17, 15) is 8.78 Å². The number of hydrogen-bond donors (Lipinski definition) is 2. The molecule has 0 atom stereocenters. The minimum atomic E-state index is -0.738. The lowest BCUT2D eigenvalue weighted by Crippen LogP contribution is -2.08. The molecule has 0 radical (unpaired) electrons. The molecule has 2 N–H and O–H groups in total. The highest BCUT2D eigenvalue weighted by atomic mass is 19.1. The van der Waals surface area contributed by atoms with Crippen LogP contribution in [-0.4, -0.2) is 26.1 Å². The largest absolute Gasteiger partial charge is 0.378 e. The van der Waals surface area contributed by atoms with Gasteiger partial charge in [0.15, 0.2) is 23.3 Å². The average Bonchev–Trinajstić information content (AvgIpc) is 2.42. The molecule has 0 aliphatic carbocycles. The lowest BCUT2D eigenvalue weighted by atomic mass is 10.2. The highest BCUT2D eigenvalue weighted by Crippen LogP contribution is 2.23. The molecule has 0 amide bonds. The summed E-state index contributed by atoms with van der Waals surface area (Å²) in [5.41, 5.74) is 1.70. The molecule has 1 heterocycles. The van der Waals surface area contributed by atoms with Crippen LogP contribution in [0.25, 0.3) is 0 Å². The average molecular weight is 278 g/mol. The number of benzene rings is 1. The number of halogens is 2. The first-order valence-corrected chi connectivity index (χ1v) is 6.09. The van der Waals surface area contributed by atoms with E-state index in [1.54, 1.807) is 12.1 Å². The second-order valence-electron chi connectivity index (χ2n) is 4.47. The molecule has 0 bridgehead atoms. The fourth-order valence-corrected chi connectivity index (χ4v) is 1.71. The normalized spacial score (nSPS) is 10.2. The van der Waals surface area contributed by atoms with Crippen LogP contribution in [0.2, 0.25) is 0 Å². The summed E-state index contributed by atoms with van der Waals surface area (Å²) in [4.78, 5) is 5.82. The van der Waals surface area contributed by atoms with Crippen LogP contribution < -0.4 is 15.5 Å². The lowest BCUT2D eigenvalue weighted by molar-refractivity contribution is 0.580. The van der Waals surface area contributed by atoms with Gasteiger partial charge in [0.25, 0.3) is 0 Å². The molecule has 0 saturated carbocycles. The summed E-state index contributed by atoms with van der Waals surface area (Å²) in [5.74, 6) is -1.48. The summed E-state index contributed by atoms with van der Waals surface area (Å²) >= 11 is 0. The van der Waals surface area contributed by atoms with Gasteiger partial charge in [-0.05, 0) is 24.3 Å². The zero-order valence-electron chi connectivity index (χ0n) is 11.5. The molecular weight excluding hydrogens is 262 g/mol. The Labute approximate surface area is 116 Å². The van der Waals surface area contributed by atoms with Crippen molar-refractivity contribution >= 4 is 23.0 Å². The maximum atomic E-state index is 13.7. The van der Waals surface area contributed by atoms with Crippen LogP contribution in [0.1, 0.15) is 0 Å². The molecule has 20 heavy (non-hydrogen) atoms. The van der Waals surface area contributed by atoms with E-state index in [-0.39, 0.29) is 11.6 Å². The molecule has 0 fully saturated rings. The molecule has 6 heteroatoms. The number of anilines is 4. The van der Waals surface area contributed by atoms with Gasteiger partial charge in [-0.1, -0.05) is 0 Å². The zero-order chi connectivity index (χ0) is 14.7. The lowest BCUT2D eigenvalue weighted by Gasteiger charge is -2.13. The zero-order valence-corrected chi connectivity index (χ0v) is 11.5. The van der Waals surface area contributed by atoms with Crippen molar-refractivity contribution in [3.8, 4) is 0 Å². The Morgan fingerprint density at radius 3 is 2.15 bits per heavy atom. The van der Waals surface area contributed by atoms with Crippen molar-refractivity contribution in [1.29, 1.82) is 0 Å². The van der Waals surface area contributed by atoms with E-state index < -0.39 is 11.6 Å². The smallest absolute Gasteiger partial charge is 0.169 e. The van der Waals surface area contributed by atoms with Gasteiger partial charge in [0.1, 0.15) is 0 Å². The number of rotatable bonds is 4. The van der Waals surface area contributed by atoms with Gasteiger partial charge in [0.2, 0.25) is 0 Å². The van der Waals surface area contributed by atoms with Crippen molar-refractivity contribution in [2.75, 3.05) is 36.7 Å². The maximum Gasteiger partial charge on any atom is 0.169 e. The highest BCUT2D eigenvalue weighted by molar-refractivity contribution is 5.62. The Hall–Kier alpha value is -2.37. The molecular formula is C14H16F2N4. The molecule has 2 aromatic rings. The predicted molar refractivity (Wildman–Crippen MR) is 77.8 cm³/mol. The van der Waals surface area contributed by atoms with E-state index in [1.807, 2.05) is 31.1 Å². The quantitative estimate of drug-likeness (QED) is 0.901. The molecule has 0 aliphatic rings. The van der Waals surface area contributed by atoms with Crippen LogP contribution in [0.5, 0.6) is 0 Å². The van der Waals surface area contributed by atoms with Gasteiger partial charge in [0, 0.05) is 38.6 Å². The first-order valence-electron chi connectivity index (χ1n) is 6.09. The third-order valence-corrected chi connectivity index (χ3v) is 2.81. The maximum absolute atomic E-state index is 13.7. The molecule has 0 aliphatic heterocycles. The summed E-state index contributed by atoms with van der Waals surface area (Å²) in [6.07, 6.45) is 0. The third-order valence-electron chi connectivity index (χ3n) is 2.81. The first kappa shape index (κ1) is 14.0. The summed E-state index contributed by atoms with van der Waals surface area (Å²) in [5, 5.41) is 5.40. The van der Waals surface area contributed by atoms with E-state index in [0.717, 1.165) is 11.8 Å². The summed E-state index contributed by atoms with van der Waals surface area (Å²) in [7, 11) is 5.39. The Kier molecular flexibility index (Phi) is 4.02. The number of pyridine rings is 1. The minimum Gasteiger partial charge on any atom is -0.378 e. The van der Waals surface area contributed by atoms with Gasteiger partial charge in [-0.2, -0.15) is 0 Å². The van der Waals surface area contributed by atoms with Gasteiger partial charge >= 0.3 is 0 Å². The summed E-state index contributed by atoms with van der Waals surface area (Å²) in [6, 6.07) is 8.19. The van der Waals surface area contributed by atoms with Crippen molar-refractivity contribution in [3.05, 3.63) is 42.0 Å². The van der Waals surface area contributed by atoms with Crippen LogP contribution in [0, 0.1) is 11.6 Å². The molecule has 1 aromatic heterocycles. The fourth-order valence-electron chi connectivity index (χ4n) is 1.71. The van der Waals surface area contributed by atoms with Gasteiger partial charge in [-0.15, -0.1) is 0 Å². The van der Waals surface area contributed by atoms with Crippen molar-refractivity contribution < 1.29 is 8.78 Å². The van der Waals surface area contributed by atoms with Gasteiger partial charge in [-0.25, -0.2) is 13.8 Å². The second kappa shape index (κ2) is 5.73. The van der Waals surface area contributed by atoms with E-state index in [2.05, 4.69) is 15.6 Å². The molecule has 4 nitrogen and oxygen atoms in total. The standard InChI is InChI=1S/C14H16F2N4/c1-17-13-11(15)8-12(16)14(19-13)18-9-4-6-10(7-5-9)20(2)3/h4-8H,1-3H3,(H2,17,18,19). The summed E-state index contributed by atoms with van der Waals surface area (Å²) in [6.45, 7) is 0. The van der Waals surface area contributed by atoms with Crippen molar-refractivity contribution in [1.82, 2.24) is 4.98 Å². The van der Waals surface area contributed by atoms with E-state index in [0.29, 0.717) is 5.69 Å². The van der Waals surface area contributed by atoms with Crippen molar-refractivity contribution in [3.63, 3.8) is 0 Å². The van der Waals surface area contributed by atoms with Crippen LogP contribution >= 0.6 is 0 Å². The minimum absolute atomic E-state index is 0.00110. The first-order chi connectivity index (χ1) is 9.51. The molecule has 0 unspecified atom stereocenters. The second-order valence-corrected chi connectivity index (χ2v) is 4.47. The van der Waals surface area contributed by atoms with Gasteiger partial charge in [0.05, 0.1) is 0 Å². The number of hydrogen-bond acceptors (Lipinski definition) is 4. The van der Waals surface area contributed by atoms with Crippen LogP contribution in [-0.2, 0) is 0 Å². The Balaban J connectivity index is 2.25. The molecule has 106 valence electrons. The van der Waals surface area contributed by atoms with Gasteiger partial charge < -0.3 is 15.5 Å². The van der Waals surface area contributed by atoms with Gasteiger partial charge in [-0.3, -0.25) is 0 Å². The van der Waals surface area contributed by atoms with Crippen LogP contribution in [0.3, 0.4) is 0 Å². The number of nitrogens with one attached hydrogen (secondary N) is 2. The van der Waals surface area contributed by atoms with Crippen LogP contribution in [0.15, 0.2) is 30.3 Å². The molecule has 1 aromatic carbocycles. The molecule has 0 spiro atoms. The highest BCUT2D eigenvalue weighted by Gasteiger charge is 2.11. The SMILES string of the molecule is CNc1nc(Nc2ccc(N(C)C)cc2)c(F)cc1F. The van der Waals surface area contributed by atoms with E-state index in [4.69, 9.17) is 0 Å². The Morgan fingerprint density at radius 2 is 1.60 bits per heavy atom. The van der Waals surface area contributed by atoms with E-state index >= 15 is 0 Å². The summed E-state index contributed by atoms with van der Waals surface area (Å²) < 4.78 is 27.0. The predicted octanol–water partition coefficient (Wildman–Crippen LogP) is 3.21. The Bertz CT molecular complexity index is 597.